The molecule has 1 aromatic rings. The van der Waals surface area contributed by atoms with Crippen LogP contribution in [0.15, 0.2) is 29.8 Å². The number of carbonyl (C=O) groups excluding carboxylic acids is 1. The molecule has 22 heavy (non-hydrogen) atoms. The van der Waals surface area contributed by atoms with Crippen molar-refractivity contribution in [2.75, 3.05) is 0 Å². The van der Waals surface area contributed by atoms with Gasteiger partial charge in [0.25, 0.3) is 4.93 Å². The second kappa shape index (κ2) is 4.41. The largest absolute Gasteiger partial charge is 0.487 e. The highest BCUT2D eigenvalue weighted by molar-refractivity contribution is 7.87. The molecule has 1 aliphatic heterocycles. The molecule has 0 amide bonds. The van der Waals surface area contributed by atoms with Crippen molar-refractivity contribution in [3.8, 4) is 0 Å². The average Bonchev–Trinajstić information content (AvgIpc) is 2.42. The number of hydrogen-bond donors (Lipinski definition) is 2. The molecule has 118 valence electrons. The zero-order chi connectivity index (χ0) is 16.3. The molecule has 3 rings (SSSR count). The van der Waals surface area contributed by atoms with E-state index in [2.05, 4.69) is 0 Å². The number of ether oxygens (including phenoxy) is 1. The first-order valence-corrected chi connectivity index (χ1v) is 8.28. The molecule has 1 heterocycles. The van der Waals surface area contributed by atoms with E-state index in [0.717, 1.165) is 0 Å². The molecule has 6 nitrogen and oxygen atoms in total. The molecule has 1 aromatic carbocycles. The summed E-state index contributed by atoms with van der Waals surface area (Å²) in [6.45, 7) is 3.74. The van der Waals surface area contributed by atoms with E-state index in [1.54, 1.807) is 12.1 Å². The van der Waals surface area contributed by atoms with E-state index in [4.69, 9.17) is 4.74 Å². The van der Waals surface area contributed by atoms with Crippen LogP contribution in [0.2, 0.25) is 0 Å². The van der Waals surface area contributed by atoms with Crippen molar-refractivity contribution in [1.29, 1.82) is 0 Å². The molecule has 1 unspecified atom stereocenters. The number of Topliss-reactive ketones (excluding diaryl/α,β-unsaturated/α-hetero) is 1. The van der Waals surface area contributed by atoms with Crippen molar-refractivity contribution < 1.29 is 27.6 Å². The topological polar surface area (TPSA) is 101 Å². The van der Waals surface area contributed by atoms with Gasteiger partial charge in [-0.15, -0.1) is 0 Å². The SMILES string of the molecule is CC1(C)CCC2=C(O1)c1ccccc1C(O)(S(=O)(=O)O)C2=O. The Morgan fingerprint density at radius 3 is 2.50 bits per heavy atom. The smallest absolute Gasteiger partial charge is 0.307 e. The molecule has 1 aliphatic carbocycles. The lowest BCUT2D eigenvalue weighted by Gasteiger charge is -2.40. The highest BCUT2D eigenvalue weighted by atomic mass is 32.2. The first-order chi connectivity index (χ1) is 10.1. The van der Waals surface area contributed by atoms with Gasteiger partial charge in [-0.3, -0.25) is 9.35 Å². The van der Waals surface area contributed by atoms with Crippen molar-refractivity contribution in [2.45, 2.75) is 37.2 Å². The summed E-state index contributed by atoms with van der Waals surface area (Å²) in [5.41, 5.74) is -0.276. The third-order valence-electron chi connectivity index (χ3n) is 4.12. The maximum atomic E-state index is 12.6. The van der Waals surface area contributed by atoms with Gasteiger partial charge in [-0.25, -0.2) is 0 Å². The molecular weight excluding hydrogens is 308 g/mol. The van der Waals surface area contributed by atoms with Gasteiger partial charge in [0.2, 0.25) is 5.78 Å². The quantitative estimate of drug-likeness (QED) is 0.761. The number of fused-ring (bicyclic) bond motifs is 2. The zero-order valence-electron chi connectivity index (χ0n) is 12.2. The van der Waals surface area contributed by atoms with Crippen molar-refractivity contribution in [2.24, 2.45) is 0 Å². The van der Waals surface area contributed by atoms with E-state index in [9.17, 15) is 22.9 Å². The second-order valence-electron chi connectivity index (χ2n) is 6.16. The van der Waals surface area contributed by atoms with Gasteiger partial charge in [0, 0.05) is 16.7 Å². The maximum Gasteiger partial charge on any atom is 0.307 e. The molecular formula is C15H16O6S. The summed E-state index contributed by atoms with van der Waals surface area (Å²) in [7, 11) is -5.05. The Bertz CT molecular complexity index is 805. The third-order valence-corrected chi connectivity index (χ3v) is 5.27. The maximum absolute atomic E-state index is 12.6. The number of carbonyl (C=O) groups is 1. The highest BCUT2D eigenvalue weighted by Gasteiger charge is 2.57. The minimum absolute atomic E-state index is 0.0955. The van der Waals surface area contributed by atoms with Crippen molar-refractivity contribution in [3.63, 3.8) is 0 Å². The molecule has 2 aliphatic rings. The van der Waals surface area contributed by atoms with E-state index in [-0.39, 0.29) is 23.3 Å². The lowest BCUT2D eigenvalue weighted by Crippen LogP contribution is -2.48. The zero-order valence-corrected chi connectivity index (χ0v) is 13.0. The minimum Gasteiger partial charge on any atom is -0.487 e. The van der Waals surface area contributed by atoms with Crippen LogP contribution >= 0.6 is 0 Å². The molecule has 0 fully saturated rings. The van der Waals surface area contributed by atoms with E-state index in [1.165, 1.54) is 12.1 Å². The Hall–Kier alpha value is -1.70. The Morgan fingerprint density at radius 2 is 1.86 bits per heavy atom. The van der Waals surface area contributed by atoms with E-state index in [1.807, 2.05) is 13.8 Å². The van der Waals surface area contributed by atoms with Crippen LogP contribution in [-0.2, 0) is 24.6 Å². The molecule has 7 heteroatoms. The van der Waals surface area contributed by atoms with Crippen LogP contribution in [-0.4, -0.2) is 29.5 Å². The summed E-state index contributed by atoms with van der Waals surface area (Å²) in [5, 5.41) is 10.5. The minimum atomic E-state index is -5.05. The monoisotopic (exact) mass is 324 g/mol. The summed E-state index contributed by atoms with van der Waals surface area (Å²) in [4.78, 5) is 9.60. The van der Waals surface area contributed by atoms with E-state index in [0.29, 0.717) is 12.0 Å². The summed E-state index contributed by atoms with van der Waals surface area (Å²) in [5.74, 6) is -0.760. The molecule has 2 N–H and O–H groups in total. The van der Waals surface area contributed by atoms with Gasteiger partial charge in [-0.2, -0.15) is 8.42 Å². The molecule has 0 radical (unpaired) electrons. The highest BCUT2D eigenvalue weighted by Crippen LogP contribution is 2.47. The fourth-order valence-corrected chi connectivity index (χ4v) is 3.74. The van der Waals surface area contributed by atoms with Gasteiger partial charge in [-0.1, -0.05) is 24.3 Å². The number of rotatable bonds is 1. The molecule has 1 atom stereocenters. The summed E-state index contributed by atoms with van der Waals surface area (Å²) >= 11 is 0. The second-order valence-corrected chi connectivity index (χ2v) is 7.70. The Morgan fingerprint density at radius 1 is 1.23 bits per heavy atom. The van der Waals surface area contributed by atoms with E-state index < -0.39 is 26.4 Å². The van der Waals surface area contributed by atoms with Gasteiger partial charge in [0.1, 0.15) is 11.4 Å². The standard InChI is InChI=1S/C15H16O6S/c1-14(2)8-7-10-12(21-14)9-5-3-4-6-11(9)15(17,13(10)16)22(18,19)20/h3-6,17H,7-8H2,1-2H3,(H,18,19,20). The van der Waals surface area contributed by atoms with Crippen LogP contribution in [0.3, 0.4) is 0 Å². The summed E-state index contributed by atoms with van der Waals surface area (Å²) in [6.07, 6.45) is 0.772. The van der Waals surface area contributed by atoms with Gasteiger partial charge in [-0.05, 0) is 26.7 Å². The third kappa shape index (κ3) is 1.93. The van der Waals surface area contributed by atoms with E-state index >= 15 is 0 Å². The van der Waals surface area contributed by atoms with Crippen LogP contribution < -0.4 is 0 Å². The van der Waals surface area contributed by atoms with Gasteiger partial charge in [0.05, 0.1) is 0 Å². The first kappa shape index (κ1) is 15.2. The molecule has 0 aromatic heterocycles. The summed E-state index contributed by atoms with van der Waals surface area (Å²) < 4.78 is 38.7. The molecule has 0 spiro atoms. The van der Waals surface area contributed by atoms with Gasteiger partial charge in [0.15, 0.2) is 0 Å². The first-order valence-electron chi connectivity index (χ1n) is 6.84. The number of ketones is 1. The summed E-state index contributed by atoms with van der Waals surface area (Å²) in [6, 6.07) is 6.00. The lowest BCUT2D eigenvalue weighted by molar-refractivity contribution is -0.128. The van der Waals surface area contributed by atoms with Crippen molar-refractivity contribution in [1.82, 2.24) is 0 Å². The van der Waals surface area contributed by atoms with Crippen LogP contribution in [0.5, 0.6) is 0 Å². The number of aliphatic hydroxyl groups is 1. The molecule has 0 saturated heterocycles. The van der Waals surface area contributed by atoms with Crippen LogP contribution in [0.4, 0.5) is 0 Å². The predicted octanol–water partition coefficient (Wildman–Crippen LogP) is 1.60. The van der Waals surface area contributed by atoms with Crippen LogP contribution in [0.1, 0.15) is 37.8 Å². The fourth-order valence-electron chi connectivity index (χ4n) is 2.92. The Kier molecular flexibility index (Phi) is 3.05. The van der Waals surface area contributed by atoms with Crippen LogP contribution in [0, 0.1) is 0 Å². The van der Waals surface area contributed by atoms with Crippen LogP contribution in [0.25, 0.3) is 5.76 Å². The molecule has 0 saturated carbocycles. The fraction of sp³-hybridized carbons (Fsp3) is 0.400. The lowest BCUT2D eigenvalue weighted by atomic mass is 9.81. The van der Waals surface area contributed by atoms with Crippen molar-refractivity contribution >= 4 is 21.7 Å². The van der Waals surface area contributed by atoms with Gasteiger partial charge >= 0.3 is 10.1 Å². The predicted molar refractivity (Wildman–Crippen MR) is 78.2 cm³/mol. The molecule has 0 bridgehead atoms. The number of hydrogen-bond acceptors (Lipinski definition) is 5. The van der Waals surface area contributed by atoms with Gasteiger partial charge < -0.3 is 9.84 Å². The average molecular weight is 324 g/mol. The Balaban J connectivity index is 2.34. The van der Waals surface area contributed by atoms with Crippen molar-refractivity contribution in [3.05, 3.63) is 41.0 Å². The Labute approximate surface area is 128 Å². The number of benzene rings is 1. The normalized spacial score (nSPS) is 27.0.